The van der Waals surface area contributed by atoms with Gasteiger partial charge in [-0.25, -0.2) is 4.98 Å². The first kappa shape index (κ1) is 15.3. The third-order valence-corrected chi connectivity index (χ3v) is 5.02. The van der Waals surface area contributed by atoms with E-state index in [4.69, 9.17) is 0 Å². The minimum atomic E-state index is -4.34. The first-order chi connectivity index (χ1) is 11.5. The molecule has 1 N–H and O–H groups in total. The number of thiophene rings is 1. The van der Waals surface area contributed by atoms with Crippen molar-refractivity contribution in [3.8, 4) is 10.6 Å². The Balaban J connectivity index is 1.78. The normalized spacial score (nSPS) is 16.0. The minimum absolute atomic E-state index is 0.478. The average molecular weight is 354 g/mol. The molecule has 0 amide bonds. The van der Waals surface area contributed by atoms with Crippen LogP contribution in [0.5, 0.6) is 0 Å². The van der Waals surface area contributed by atoms with Crippen LogP contribution < -0.4 is 10.2 Å². The third-order valence-electron chi connectivity index (χ3n) is 3.87. The van der Waals surface area contributed by atoms with Crippen molar-refractivity contribution in [1.82, 2.24) is 24.9 Å². The fourth-order valence-electron chi connectivity index (χ4n) is 2.72. The van der Waals surface area contributed by atoms with E-state index in [-0.39, 0.29) is 0 Å². The van der Waals surface area contributed by atoms with E-state index in [2.05, 4.69) is 25.4 Å². The number of hydrogen-bond acceptors (Lipinski definition) is 6. The average Bonchev–Trinajstić information content (AvgIpc) is 3.24. The van der Waals surface area contributed by atoms with Gasteiger partial charge in [0.1, 0.15) is 11.2 Å². The fraction of sp³-hybridized carbons (Fsp3) is 0.357. The molecule has 0 atom stereocenters. The topological polar surface area (TPSA) is 58.4 Å². The highest BCUT2D eigenvalue weighted by Gasteiger charge is 2.32. The van der Waals surface area contributed by atoms with Crippen LogP contribution in [-0.2, 0) is 6.18 Å². The largest absolute Gasteiger partial charge is 0.425 e. The summed E-state index contributed by atoms with van der Waals surface area (Å²) >= 11 is 0.688. The molecule has 4 rings (SSSR count). The molecule has 3 aromatic heterocycles. The van der Waals surface area contributed by atoms with Crippen molar-refractivity contribution in [2.24, 2.45) is 0 Å². The summed E-state index contributed by atoms with van der Waals surface area (Å²) in [6.45, 7) is 3.30. The van der Waals surface area contributed by atoms with Gasteiger partial charge in [-0.05, 0) is 12.1 Å². The molecule has 0 radical (unpaired) electrons. The molecule has 10 heteroatoms. The van der Waals surface area contributed by atoms with Crippen LogP contribution in [-0.4, -0.2) is 45.8 Å². The van der Waals surface area contributed by atoms with Crippen LogP contribution in [0.3, 0.4) is 0 Å². The van der Waals surface area contributed by atoms with E-state index in [1.54, 1.807) is 10.6 Å². The number of anilines is 1. The molecular formula is C14H13F3N6S. The van der Waals surface area contributed by atoms with Crippen LogP contribution in [0.15, 0.2) is 24.7 Å². The molecule has 0 unspecified atom stereocenters. The smallest absolute Gasteiger partial charge is 0.351 e. The highest BCUT2D eigenvalue weighted by molar-refractivity contribution is 7.15. The fourth-order valence-corrected chi connectivity index (χ4v) is 3.60. The monoisotopic (exact) mass is 354 g/mol. The zero-order valence-electron chi connectivity index (χ0n) is 12.4. The molecule has 0 spiro atoms. The summed E-state index contributed by atoms with van der Waals surface area (Å²) in [4.78, 5) is 6.39. The number of fused-ring (bicyclic) bond motifs is 1. The maximum absolute atomic E-state index is 12.8. The quantitative estimate of drug-likeness (QED) is 0.765. The van der Waals surface area contributed by atoms with E-state index in [0.717, 1.165) is 32.2 Å². The number of alkyl halides is 3. The Kier molecular flexibility index (Phi) is 3.65. The Morgan fingerprint density at radius 2 is 1.96 bits per heavy atom. The van der Waals surface area contributed by atoms with Crippen LogP contribution in [0.1, 0.15) is 4.88 Å². The molecule has 1 fully saturated rings. The molecule has 1 saturated heterocycles. The van der Waals surface area contributed by atoms with Crippen molar-refractivity contribution in [2.45, 2.75) is 6.18 Å². The standard InChI is InChI=1S/C14H13F3N6S/c15-14(16,17)11-2-1-10(24-11)9-7-19-12(13-21-20-8-23(9)13)22-5-3-18-4-6-22/h1-2,7-8,18H,3-6H2. The predicted molar refractivity (Wildman–Crippen MR) is 84.2 cm³/mol. The molecular weight excluding hydrogens is 341 g/mol. The molecule has 0 bridgehead atoms. The number of piperazine rings is 1. The maximum atomic E-state index is 12.8. The molecule has 0 aromatic carbocycles. The van der Waals surface area contributed by atoms with E-state index >= 15 is 0 Å². The van der Waals surface area contributed by atoms with E-state index < -0.39 is 11.1 Å². The van der Waals surface area contributed by atoms with Gasteiger partial charge in [-0.15, -0.1) is 21.5 Å². The minimum Gasteiger partial charge on any atom is -0.351 e. The summed E-state index contributed by atoms with van der Waals surface area (Å²) in [5.74, 6) is 0.699. The van der Waals surface area contributed by atoms with Crippen molar-refractivity contribution < 1.29 is 13.2 Å². The molecule has 1 aliphatic heterocycles. The Morgan fingerprint density at radius 1 is 1.17 bits per heavy atom. The zero-order valence-corrected chi connectivity index (χ0v) is 13.2. The SMILES string of the molecule is FC(F)(F)c1ccc(-c2cnc(N3CCNCC3)c3nncn23)s1. The van der Waals surface area contributed by atoms with Gasteiger partial charge in [0.25, 0.3) is 0 Å². The Morgan fingerprint density at radius 3 is 2.67 bits per heavy atom. The van der Waals surface area contributed by atoms with E-state index in [1.165, 1.54) is 12.4 Å². The van der Waals surface area contributed by atoms with Crippen molar-refractivity contribution in [3.05, 3.63) is 29.5 Å². The molecule has 3 aromatic rings. The first-order valence-electron chi connectivity index (χ1n) is 7.36. The number of halogens is 3. The van der Waals surface area contributed by atoms with Gasteiger partial charge in [0, 0.05) is 26.2 Å². The summed E-state index contributed by atoms with van der Waals surface area (Å²) in [6, 6.07) is 2.54. The third kappa shape index (κ3) is 2.61. The van der Waals surface area contributed by atoms with E-state index in [1.807, 2.05) is 0 Å². The van der Waals surface area contributed by atoms with E-state index in [0.29, 0.717) is 33.4 Å². The van der Waals surface area contributed by atoms with Crippen molar-refractivity contribution in [3.63, 3.8) is 0 Å². The summed E-state index contributed by atoms with van der Waals surface area (Å²) in [5, 5.41) is 11.3. The molecule has 6 nitrogen and oxygen atoms in total. The molecule has 126 valence electrons. The lowest BCUT2D eigenvalue weighted by atomic mass is 10.3. The zero-order chi connectivity index (χ0) is 16.7. The summed E-state index contributed by atoms with van der Waals surface area (Å²) < 4.78 is 40.2. The van der Waals surface area contributed by atoms with Crippen LogP contribution in [0, 0.1) is 0 Å². The second-order valence-corrected chi connectivity index (χ2v) is 6.47. The summed E-state index contributed by atoms with van der Waals surface area (Å²) in [7, 11) is 0. The van der Waals surface area contributed by atoms with Gasteiger partial charge in [-0.1, -0.05) is 0 Å². The van der Waals surface area contributed by atoms with Gasteiger partial charge in [0.15, 0.2) is 5.82 Å². The van der Waals surface area contributed by atoms with E-state index in [9.17, 15) is 13.2 Å². The number of nitrogens with one attached hydrogen (secondary N) is 1. The van der Waals surface area contributed by atoms with Gasteiger partial charge in [-0.3, -0.25) is 4.40 Å². The molecule has 0 aliphatic carbocycles. The van der Waals surface area contributed by atoms with Crippen LogP contribution >= 0.6 is 11.3 Å². The highest BCUT2D eigenvalue weighted by atomic mass is 32.1. The van der Waals surface area contributed by atoms with Gasteiger partial charge < -0.3 is 10.2 Å². The Bertz CT molecular complexity index is 865. The second-order valence-electron chi connectivity index (χ2n) is 5.39. The van der Waals surface area contributed by atoms with Gasteiger partial charge in [0.2, 0.25) is 5.65 Å². The Labute approximate surface area is 138 Å². The second kappa shape index (κ2) is 5.71. The molecule has 0 saturated carbocycles. The van der Waals surface area contributed by atoms with Gasteiger partial charge in [-0.2, -0.15) is 13.2 Å². The molecule has 4 heterocycles. The van der Waals surface area contributed by atoms with Crippen molar-refractivity contribution in [2.75, 3.05) is 31.1 Å². The lowest BCUT2D eigenvalue weighted by Crippen LogP contribution is -2.44. The van der Waals surface area contributed by atoms with Gasteiger partial charge >= 0.3 is 6.18 Å². The number of rotatable bonds is 2. The summed E-state index contributed by atoms with van der Waals surface area (Å²) in [5.41, 5.74) is 1.10. The molecule has 24 heavy (non-hydrogen) atoms. The van der Waals surface area contributed by atoms with Crippen LogP contribution in [0.4, 0.5) is 19.0 Å². The lowest BCUT2D eigenvalue weighted by molar-refractivity contribution is -0.134. The number of nitrogens with zero attached hydrogens (tertiary/aromatic N) is 5. The molecule has 1 aliphatic rings. The van der Waals surface area contributed by atoms with Crippen LogP contribution in [0.2, 0.25) is 0 Å². The highest BCUT2D eigenvalue weighted by Crippen LogP contribution is 2.38. The van der Waals surface area contributed by atoms with Crippen LogP contribution in [0.25, 0.3) is 16.2 Å². The summed E-state index contributed by atoms with van der Waals surface area (Å²) in [6.07, 6.45) is -1.26. The predicted octanol–water partition coefficient (Wildman–Crippen LogP) is 2.28. The lowest BCUT2D eigenvalue weighted by Gasteiger charge is -2.28. The van der Waals surface area contributed by atoms with Crippen molar-refractivity contribution in [1.29, 1.82) is 0 Å². The van der Waals surface area contributed by atoms with Gasteiger partial charge in [0.05, 0.1) is 16.8 Å². The number of aromatic nitrogens is 4. The number of hydrogen-bond donors (Lipinski definition) is 1. The Hall–Kier alpha value is -2.20. The maximum Gasteiger partial charge on any atom is 0.425 e. The first-order valence-corrected chi connectivity index (χ1v) is 8.17. The van der Waals surface area contributed by atoms with Crippen molar-refractivity contribution >= 4 is 22.8 Å².